The van der Waals surface area contributed by atoms with Gasteiger partial charge in [-0.3, -0.25) is 0 Å². The molecule has 0 radical (unpaired) electrons. The largest absolute Gasteiger partial charge is 0.434 e. The number of alkyl halides is 3. The lowest BCUT2D eigenvalue weighted by molar-refractivity contribution is -0.141. The van der Waals surface area contributed by atoms with Gasteiger partial charge in [0.25, 0.3) is 0 Å². The first-order chi connectivity index (χ1) is 13.5. The third-order valence-electron chi connectivity index (χ3n) is 5.47. The fourth-order valence-corrected chi connectivity index (χ4v) is 4.00. The zero-order valence-corrected chi connectivity index (χ0v) is 15.7. The molecule has 0 amide bonds. The van der Waals surface area contributed by atoms with Crippen LogP contribution in [0.2, 0.25) is 0 Å². The second-order valence-corrected chi connectivity index (χ2v) is 7.46. The monoisotopic (exact) mass is 394 g/mol. The Morgan fingerprint density at radius 2 is 1.96 bits per heavy atom. The van der Waals surface area contributed by atoms with Crippen LogP contribution < -0.4 is 10.2 Å². The first kappa shape index (κ1) is 19.3. The summed E-state index contributed by atoms with van der Waals surface area (Å²) in [6, 6.07) is 8.36. The van der Waals surface area contributed by atoms with E-state index in [0.717, 1.165) is 52.0 Å². The van der Waals surface area contributed by atoms with E-state index in [1.54, 1.807) is 4.57 Å². The summed E-state index contributed by atoms with van der Waals surface area (Å²) in [6.45, 7) is 5.38. The van der Waals surface area contributed by atoms with Gasteiger partial charge >= 0.3 is 6.18 Å². The molecular formula is C20H25F3N4O. The van der Waals surface area contributed by atoms with E-state index in [-0.39, 0.29) is 0 Å². The molecule has 0 unspecified atom stereocenters. The first-order valence-electron chi connectivity index (χ1n) is 9.75. The molecule has 4 rings (SSSR count). The van der Waals surface area contributed by atoms with E-state index in [9.17, 15) is 13.2 Å². The van der Waals surface area contributed by atoms with Crippen molar-refractivity contribution in [2.24, 2.45) is 5.92 Å². The summed E-state index contributed by atoms with van der Waals surface area (Å²) in [6.07, 6.45) is -1.78. The highest BCUT2D eigenvalue weighted by Gasteiger charge is 2.35. The normalized spacial score (nSPS) is 20.2. The number of nitrogens with zero attached hydrogens (tertiary/aromatic N) is 3. The molecule has 1 N–H and O–H groups in total. The Kier molecular flexibility index (Phi) is 5.59. The highest BCUT2D eigenvalue weighted by atomic mass is 19.4. The number of aryl methyl sites for hydroxylation is 1. The molecule has 1 aromatic carbocycles. The number of ether oxygens (including phenoxy) is 1. The molecule has 28 heavy (non-hydrogen) atoms. The number of hydrogen-bond acceptors (Lipinski definition) is 4. The molecule has 0 aliphatic carbocycles. The lowest BCUT2D eigenvalue weighted by Crippen LogP contribution is -2.37. The number of nitrogens with one attached hydrogen (secondary N) is 1. The number of anilines is 1. The first-order valence-corrected chi connectivity index (χ1v) is 9.75. The predicted molar refractivity (Wildman–Crippen MR) is 100 cm³/mol. The Morgan fingerprint density at radius 3 is 2.75 bits per heavy atom. The standard InChI is InChI=1S/C20H25F3N4O/c21-20(22,23)18-14-27-13-15(5-6-19(27)25-18)11-24-12-16-3-1-2-4-17(16)26-7-9-28-10-8-26/h1-4,14-15,24H,5-13H2/t15-/m1/s1. The van der Waals surface area contributed by atoms with Crippen LogP contribution >= 0.6 is 0 Å². The van der Waals surface area contributed by atoms with E-state index < -0.39 is 11.9 Å². The molecule has 1 fully saturated rings. The third kappa shape index (κ3) is 4.33. The highest BCUT2D eigenvalue weighted by molar-refractivity contribution is 5.53. The zero-order chi connectivity index (χ0) is 19.6. The van der Waals surface area contributed by atoms with Crippen molar-refractivity contribution in [2.45, 2.75) is 32.1 Å². The third-order valence-corrected chi connectivity index (χ3v) is 5.47. The molecule has 3 heterocycles. The molecule has 152 valence electrons. The summed E-state index contributed by atoms with van der Waals surface area (Å²) >= 11 is 0. The minimum absolute atomic E-state index is 0.304. The topological polar surface area (TPSA) is 42.3 Å². The van der Waals surface area contributed by atoms with Gasteiger partial charge in [-0.25, -0.2) is 4.98 Å². The minimum atomic E-state index is -4.37. The van der Waals surface area contributed by atoms with Crippen LogP contribution in [0.15, 0.2) is 30.5 Å². The average molecular weight is 394 g/mol. The van der Waals surface area contributed by atoms with Crippen LogP contribution in [0, 0.1) is 5.92 Å². The van der Waals surface area contributed by atoms with Gasteiger partial charge in [-0.15, -0.1) is 0 Å². The van der Waals surface area contributed by atoms with Gasteiger partial charge in [0.1, 0.15) is 5.82 Å². The maximum atomic E-state index is 12.9. The van der Waals surface area contributed by atoms with Crippen molar-refractivity contribution in [2.75, 3.05) is 37.7 Å². The Hall–Kier alpha value is -2.06. The summed E-state index contributed by atoms with van der Waals surface area (Å²) in [5.41, 5.74) is 1.69. The maximum Gasteiger partial charge on any atom is 0.434 e. The van der Waals surface area contributed by atoms with Gasteiger partial charge in [0.2, 0.25) is 0 Å². The molecule has 0 spiro atoms. The number of hydrogen-bond donors (Lipinski definition) is 1. The molecule has 2 aromatic rings. The fourth-order valence-electron chi connectivity index (χ4n) is 4.00. The molecule has 1 atom stereocenters. The van der Waals surface area contributed by atoms with E-state index in [4.69, 9.17) is 4.74 Å². The minimum Gasteiger partial charge on any atom is -0.378 e. The van der Waals surface area contributed by atoms with Gasteiger partial charge in [0.05, 0.1) is 13.2 Å². The number of aromatic nitrogens is 2. The number of benzene rings is 1. The average Bonchev–Trinajstić information content (AvgIpc) is 3.13. The van der Waals surface area contributed by atoms with Gasteiger partial charge in [0, 0.05) is 44.5 Å². The second-order valence-electron chi connectivity index (χ2n) is 7.46. The van der Waals surface area contributed by atoms with Crippen LogP contribution in [-0.4, -0.2) is 42.4 Å². The van der Waals surface area contributed by atoms with Gasteiger partial charge in [-0.2, -0.15) is 13.2 Å². The number of morpholine rings is 1. The van der Waals surface area contributed by atoms with Crippen LogP contribution in [-0.2, 0) is 30.4 Å². The van der Waals surface area contributed by atoms with Crippen LogP contribution in [0.25, 0.3) is 0 Å². The van der Waals surface area contributed by atoms with E-state index in [1.807, 2.05) is 12.1 Å². The highest BCUT2D eigenvalue weighted by Crippen LogP contribution is 2.30. The number of fused-ring (bicyclic) bond motifs is 1. The Balaban J connectivity index is 1.33. The summed E-state index contributed by atoms with van der Waals surface area (Å²) in [4.78, 5) is 6.09. The van der Waals surface area contributed by atoms with Gasteiger partial charge in [-0.1, -0.05) is 18.2 Å². The maximum absolute atomic E-state index is 12.9. The molecule has 8 heteroatoms. The van der Waals surface area contributed by atoms with E-state index >= 15 is 0 Å². The molecular weight excluding hydrogens is 369 g/mol. The van der Waals surface area contributed by atoms with Crippen LogP contribution in [0.3, 0.4) is 0 Å². The van der Waals surface area contributed by atoms with Crippen molar-refractivity contribution in [3.63, 3.8) is 0 Å². The number of para-hydroxylation sites is 1. The molecule has 5 nitrogen and oxygen atoms in total. The van der Waals surface area contributed by atoms with Crippen LogP contribution in [0.1, 0.15) is 23.5 Å². The van der Waals surface area contributed by atoms with Crippen molar-refractivity contribution in [3.05, 3.63) is 47.5 Å². The Bertz CT molecular complexity index is 799. The van der Waals surface area contributed by atoms with Crippen LogP contribution in [0.5, 0.6) is 0 Å². The number of rotatable bonds is 5. The van der Waals surface area contributed by atoms with Crippen molar-refractivity contribution in [1.82, 2.24) is 14.9 Å². The SMILES string of the molecule is FC(F)(F)c1cn2c(n1)CC[C@H](CNCc1ccccc1N1CCOCC1)C2. The van der Waals surface area contributed by atoms with Crippen LogP contribution in [0.4, 0.5) is 18.9 Å². The van der Waals surface area contributed by atoms with Gasteiger partial charge in [0.15, 0.2) is 5.69 Å². The van der Waals surface area contributed by atoms with Gasteiger partial charge < -0.3 is 19.5 Å². The molecule has 0 bridgehead atoms. The summed E-state index contributed by atoms with van der Waals surface area (Å²) < 4.78 is 45.7. The van der Waals surface area contributed by atoms with Crippen molar-refractivity contribution in [3.8, 4) is 0 Å². The fraction of sp³-hybridized carbons (Fsp3) is 0.550. The lowest BCUT2D eigenvalue weighted by atomic mass is 9.99. The summed E-state index contributed by atoms with van der Waals surface area (Å²) in [7, 11) is 0. The van der Waals surface area contributed by atoms with E-state index in [2.05, 4.69) is 27.3 Å². The molecule has 0 saturated carbocycles. The number of imidazole rings is 1. The Labute approximate surface area is 162 Å². The van der Waals surface area contributed by atoms with E-state index in [1.165, 1.54) is 11.3 Å². The van der Waals surface area contributed by atoms with Crippen molar-refractivity contribution < 1.29 is 17.9 Å². The summed E-state index contributed by atoms with van der Waals surface area (Å²) in [5, 5.41) is 3.50. The predicted octanol–water partition coefficient (Wildman–Crippen LogP) is 3.09. The van der Waals surface area contributed by atoms with Crippen molar-refractivity contribution in [1.29, 1.82) is 0 Å². The van der Waals surface area contributed by atoms with E-state index in [0.29, 0.717) is 24.7 Å². The molecule has 1 saturated heterocycles. The summed E-state index contributed by atoms with van der Waals surface area (Å²) in [5.74, 6) is 0.847. The molecule has 2 aliphatic heterocycles. The quantitative estimate of drug-likeness (QED) is 0.846. The Morgan fingerprint density at radius 1 is 1.18 bits per heavy atom. The second kappa shape index (κ2) is 8.13. The van der Waals surface area contributed by atoms with Gasteiger partial charge in [-0.05, 0) is 30.5 Å². The molecule has 1 aromatic heterocycles. The van der Waals surface area contributed by atoms with Crippen molar-refractivity contribution >= 4 is 5.69 Å². The zero-order valence-electron chi connectivity index (χ0n) is 15.7. The number of halogens is 3. The lowest BCUT2D eigenvalue weighted by Gasteiger charge is -2.31. The smallest absolute Gasteiger partial charge is 0.378 e. The molecule has 2 aliphatic rings.